The van der Waals surface area contributed by atoms with Crippen molar-refractivity contribution in [2.45, 2.75) is 19.6 Å². The summed E-state index contributed by atoms with van der Waals surface area (Å²) in [4.78, 5) is 12.4. The Hall–Kier alpha value is -0.390. The Morgan fingerprint density at radius 2 is 2.50 bits per heavy atom. The fourth-order valence-electron chi connectivity index (χ4n) is 0.872. The number of halogens is 1. The van der Waals surface area contributed by atoms with Gasteiger partial charge in [-0.05, 0) is 28.9 Å². The van der Waals surface area contributed by atoms with Crippen LogP contribution in [0.25, 0.3) is 0 Å². The first-order chi connectivity index (χ1) is 6.63. The minimum absolute atomic E-state index is 0.0861. The normalized spacial score (nSPS) is 12.5. The summed E-state index contributed by atoms with van der Waals surface area (Å²) < 4.78 is 5.94. The van der Waals surface area contributed by atoms with Crippen LogP contribution in [0.1, 0.15) is 11.8 Å². The molecule has 0 spiro atoms. The second-order valence-corrected chi connectivity index (χ2v) is 4.74. The van der Waals surface area contributed by atoms with Crippen LogP contribution in [-0.2, 0) is 16.1 Å². The average molecular weight is 278 g/mol. The molecule has 1 amide bonds. The molecule has 0 bridgehead atoms. The summed E-state index contributed by atoms with van der Waals surface area (Å²) in [6.07, 6.45) is -0.390. The van der Waals surface area contributed by atoms with Crippen LogP contribution in [0.2, 0.25) is 0 Å². The van der Waals surface area contributed by atoms with Gasteiger partial charge in [-0.3, -0.25) is 4.79 Å². The SMILES string of the molecule is COC(C)C(=O)NCc1cc(Br)cs1. The summed E-state index contributed by atoms with van der Waals surface area (Å²) in [5, 5.41) is 4.78. The molecule has 0 radical (unpaired) electrons. The molecule has 1 heterocycles. The molecule has 0 saturated heterocycles. The third-order valence-electron chi connectivity index (χ3n) is 1.78. The Morgan fingerprint density at radius 1 is 1.79 bits per heavy atom. The minimum atomic E-state index is -0.390. The molecule has 0 aliphatic carbocycles. The van der Waals surface area contributed by atoms with Gasteiger partial charge in [-0.1, -0.05) is 0 Å². The first-order valence-electron chi connectivity index (χ1n) is 4.17. The molecule has 1 N–H and O–H groups in total. The lowest BCUT2D eigenvalue weighted by molar-refractivity contribution is -0.130. The lowest BCUT2D eigenvalue weighted by atomic mass is 10.3. The van der Waals surface area contributed by atoms with Gasteiger partial charge in [-0.25, -0.2) is 0 Å². The van der Waals surface area contributed by atoms with Gasteiger partial charge in [0.25, 0.3) is 0 Å². The predicted molar refractivity (Wildman–Crippen MR) is 60.3 cm³/mol. The summed E-state index contributed by atoms with van der Waals surface area (Å²) in [6.45, 7) is 2.28. The molecule has 1 aromatic rings. The van der Waals surface area contributed by atoms with Gasteiger partial charge in [0.2, 0.25) is 5.91 Å². The maximum Gasteiger partial charge on any atom is 0.249 e. The standard InChI is InChI=1S/C9H12BrNO2S/c1-6(13-2)9(12)11-4-8-3-7(10)5-14-8/h3,5-6H,4H2,1-2H3,(H,11,12). The predicted octanol–water partition coefficient (Wildman–Crippen LogP) is 2.16. The number of thiophene rings is 1. The van der Waals surface area contributed by atoms with Crippen molar-refractivity contribution in [3.8, 4) is 0 Å². The smallest absolute Gasteiger partial charge is 0.249 e. The summed E-state index contributed by atoms with van der Waals surface area (Å²) >= 11 is 4.96. The second-order valence-electron chi connectivity index (χ2n) is 2.83. The van der Waals surface area contributed by atoms with Gasteiger partial charge in [-0.15, -0.1) is 11.3 Å². The van der Waals surface area contributed by atoms with Crippen LogP contribution in [0.3, 0.4) is 0 Å². The van der Waals surface area contributed by atoms with Gasteiger partial charge in [0.1, 0.15) is 6.10 Å². The van der Waals surface area contributed by atoms with Gasteiger partial charge in [0, 0.05) is 21.8 Å². The third kappa shape index (κ3) is 3.40. The summed E-state index contributed by atoms with van der Waals surface area (Å²) in [6, 6.07) is 1.99. The van der Waals surface area contributed by atoms with Gasteiger partial charge >= 0.3 is 0 Å². The van der Waals surface area contributed by atoms with E-state index in [1.807, 2.05) is 11.4 Å². The molecule has 78 valence electrons. The van der Waals surface area contributed by atoms with E-state index in [1.165, 1.54) is 7.11 Å². The van der Waals surface area contributed by atoms with E-state index >= 15 is 0 Å². The topological polar surface area (TPSA) is 38.3 Å². The van der Waals surface area contributed by atoms with E-state index in [2.05, 4.69) is 21.2 Å². The van der Waals surface area contributed by atoms with Crippen LogP contribution in [0, 0.1) is 0 Å². The quantitative estimate of drug-likeness (QED) is 0.916. The molecule has 1 aromatic heterocycles. The number of hydrogen-bond acceptors (Lipinski definition) is 3. The summed E-state index contributed by atoms with van der Waals surface area (Å²) in [5.74, 6) is -0.0861. The van der Waals surface area contributed by atoms with E-state index in [0.717, 1.165) is 9.35 Å². The molecule has 14 heavy (non-hydrogen) atoms. The monoisotopic (exact) mass is 277 g/mol. The number of hydrogen-bond donors (Lipinski definition) is 1. The third-order valence-corrected chi connectivity index (χ3v) is 3.48. The van der Waals surface area contributed by atoms with Gasteiger partial charge in [0.15, 0.2) is 0 Å². The largest absolute Gasteiger partial charge is 0.372 e. The van der Waals surface area contributed by atoms with Crippen LogP contribution in [-0.4, -0.2) is 19.1 Å². The highest BCUT2D eigenvalue weighted by atomic mass is 79.9. The van der Waals surface area contributed by atoms with Crippen molar-refractivity contribution in [2.75, 3.05) is 7.11 Å². The molecular formula is C9H12BrNO2S. The number of amides is 1. The Kier molecular flexibility index (Phi) is 4.57. The van der Waals surface area contributed by atoms with E-state index in [1.54, 1.807) is 18.3 Å². The molecule has 0 aliphatic rings. The van der Waals surface area contributed by atoms with Crippen LogP contribution < -0.4 is 5.32 Å². The molecule has 1 rings (SSSR count). The number of rotatable bonds is 4. The van der Waals surface area contributed by atoms with E-state index in [-0.39, 0.29) is 5.91 Å². The molecule has 3 nitrogen and oxygen atoms in total. The van der Waals surface area contributed by atoms with Crippen molar-refractivity contribution in [2.24, 2.45) is 0 Å². The number of ether oxygens (including phenoxy) is 1. The molecule has 0 fully saturated rings. The Morgan fingerprint density at radius 3 is 3.00 bits per heavy atom. The molecule has 5 heteroatoms. The highest BCUT2D eigenvalue weighted by molar-refractivity contribution is 9.10. The van der Waals surface area contributed by atoms with E-state index in [0.29, 0.717) is 6.54 Å². The van der Waals surface area contributed by atoms with E-state index in [4.69, 9.17) is 4.74 Å². The Bertz CT molecular complexity index is 314. The van der Waals surface area contributed by atoms with Crippen LogP contribution in [0.4, 0.5) is 0 Å². The lowest BCUT2D eigenvalue weighted by Crippen LogP contribution is -2.33. The molecule has 0 saturated carbocycles. The van der Waals surface area contributed by atoms with Crippen molar-refractivity contribution in [1.82, 2.24) is 5.32 Å². The maximum atomic E-state index is 11.3. The van der Waals surface area contributed by atoms with Crippen LogP contribution in [0.5, 0.6) is 0 Å². The first kappa shape index (κ1) is 11.7. The van der Waals surface area contributed by atoms with Crippen molar-refractivity contribution in [3.63, 3.8) is 0 Å². The van der Waals surface area contributed by atoms with E-state index in [9.17, 15) is 4.79 Å². The van der Waals surface area contributed by atoms with Crippen LogP contribution >= 0.6 is 27.3 Å². The minimum Gasteiger partial charge on any atom is -0.372 e. The van der Waals surface area contributed by atoms with Gasteiger partial charge in [-0.2, -0.15) is 0 Å². The Labute approximate surface area is 95.6 Å². The van der Waals surface area contributed by atoms with Gasteiger partial charge < -0.3 is 10.1 Å². The number of nitrogens with one attached hydrogen (secondary N) is 1. The highest BCUT2D eigenvalue weighted by Gasteiger charge is 2.10. The number of carbonyl (C=O) groups excluding carboxylic acids is 1. The Balaban J connectivity index is 2.37. The summed E-state index contributed by atoms with van der Waals surface area (Å²) in [5.41, 5.74) is 0. The summed E-state index contributed by atoms with van der Waals surface area (Å²) in [7, 11) is 1.52. The van der Waals surface area contributed by atoms with Crippen LogP contribution in [0.15, 0.2) is 15.9 Å². The number of carbonyl (C=O) groups is 1. The first-order valence-corrected chi connectivity index (χ1v) is 5.84. The number of methoxy groups -OCH3 is 1. The fourth-order valence-corrected chi connectivity index (χ4v) is 2.26. The van der Waals surface area contributed by atoms with Crippen molar-refractivity contribution in [3.05, 3.63) is 20.8 Å². The van der Waals surface area contributed by atoms with Crippen molar-refractivity contribution < 1.29 is 9.53 Å². The molecule has 0 aromatic carbocycles. The molecule has 1 atom stereocenters. The zero-order chi connectivity index (χ0) is 10.6. The fraction of sp³-hybridized carbons (Fsp3) is 0.444. The zero-order valence-corrected chi connectivity index (χ0v) is 10.4. The lowest BCUT2D eigenvalue weighted by Gasteiger charge is -2.08. The highest BCUT2D eigenvalue weighted by Crippen LogP contribution is 2.19. The molecule has 1 unspecified atom stereocenters. The van der Waals surface area contributed by atoms with Crippen molar-refractivity contribution >= 4 is 33.2 Å². The van der Waals surface area contributed by atoms with Crippen molar-refractivity contribution in [1.29, 1.82) is 0 Å². The molecule has 0 aliphatic heterocycles. The van der Waals surface area contributed by atoms with E-state index < -0.39 is 6.10 Å². The zero-order valence-electron chi connectivity index (χ0n) is 8.04. The maximum absolute atomic E-state index is 11.3. The second kappa shape index (κ2) is 5.48. The average Bonchev–Trinajstić information content (AvgIpc) is 2.59. The molecular weight excluding hydrogens is 266 g/mol. The van der Waals surface area contributed by atoms with Gasteiger partial charge in [0.05, 0.1) is 6.54 Å².